The van der Waals surface area contributed by atoms with Crippen molar-refractivity contribution in [2.45, 2.75) is 32.6 Å². The molecule has 0 saturated carbocycles. The van der Waals surface area contributed by atoms with E-state index in [0.29, 0.717) is 0 Å². The molecule has 0 amide bonds. The number of rotatable bonds is 3. The number of thiazole rings is 1. The van der Waals surface area contributed by atoms with Crippen LogP contribution in [0, 0.1) is 0 Å². The number of aromatic nitrogens is 1. The predicted octanol–water partition coefficient (Wildman–Crippen LogP) is 4.07. The van der Waals surface area contributed by atoms with Gasteiger partial charge in [0, 0.05) is 30.6 Å². The second-order valence-corrected chi connectivity index (χ2v) is 6.84. The molecule has 0 N–H and O–H groups in total. The number of hydrogen-bond acceptors (Lipinski definition) is 4. The number of nitrogens with zero attached hydrogens (tertiary/aromatic N) is 2. The van der Waals surface area contributed by atoms with Gasteiger partial charge in [-0.3, -0.25) is 4.90 Å². The van der Waals surface area contributed by atoms with Crippen LogP contribution >= 0.6 is 22.9 Å². The molecule has 1 aliphatic heterocycles. The Kier molecular flexibility index (Phi) is 4.60. The van der Waals surface area contributed by atoms with Gasteiger partial charge in [-0.15, -0.1) is 11.3 Å². The lowest BCUT2D eigenvalue weighted by molar-refractivity contribution is -0.0707. The van der Waals surface area contributed by atoms with Gasteiger partial charge in [-0.1, -0.05) is 29.8 Å². The third kappa shape index (κ3) is 3.64. The van der Waals surface area contributed by atoms with E-state index < -0.39 is 0 Å². The molecule has 1 saturated heterocycles. The van der Waals surface area contributed by atoms with Crippen LogP contribution in [-0.2, 0) is 11.3 Å². The zero-order valence-electron chi connectivity index (χ0n) is 12.3. The highest BCUT2D eigenvalue weighted by Crippen LogP contribution is 2.30. The van der Waals surface area contributed by atoms with Crippen molar-refractivity contribution in [1.82, 2.24) is 9.88 Å². The maximum Gasteiger partial charge on any atom is 0.125 e. The Morgan fingerprint density at radius 1 is 1.29 bits per heavy atom. The molecule has 0 aliphatic carbocycles. The summed E-state index contributed by atoms with van der Waals surface area (Å²) in [5, 5.41) is 3.88. The van der Waals surface area contributed by atoms with E-state index in [2.05, 4.69) is 24.1 Å². The normalized spacial score (nSPS) is 23.4. The number of halogens is 1. The number of morpholine rings is 1. The van der Waals surface area contributed by atoms with Crippen molar-refractivity contribution in [3.05, 3.63) is 40.4 Å². The molecule has 5 heteroatoms. The van der Waals surface area contributed by atoms with Crippen LogP contribution in [0.5, 0.6) is 0 Å². The van der Waals surface area contributed by atoms with E-state index in [1.165, 1.54) is 0 Å². The molecule has 2 heterocycles. The van der Waals surface area contributed by atoms with E-state index >= 15 is 0 Å². The highest BCUT2D eigenvalue weighted by atomic mass is 35.5. The molecule has 1 fully saturated rings. The molecule has 2 unspecified atom stereocenters. The van der Waals surface area contributed by atoms with E-state index in [-0.39, 0.29) is 12.2 Å². The van der Waals surface area contributed by atoms with Crippen molar-refractivity contribution in [3.8, 4) is 10.6 Å². The monoisotopic (exact) mass is 322 g/mol. The fourth-order valence-electron chi connectivity index (χ4n) is 2.78. The fourth-order valence-corrected chi connectivity index (χ4v) is 3.91. The minimum Gasteiger partial charge on any atom is -0.373 e. The predicted molar refractivity (Wildman–Crippen MR) is 87.8 cm³/mol. The quantitative estimate of drug-likeness (QED) is 0.851. The van der Waals surface area contributed by atoms with E-state index in [9.17, 15) is 0 Å². The topological polar surface area (TPSA) is 25.4 Å². The first-order valence-corrected chi connectivity index (χ1v) is 8.44. The standard InChI is InChI=1S/C16H19ClN2OS/c1-11-7-19(8-12(2)20-11)9-13-10-21-16(18-13)14-5-3-4-6-15(14)17/h3-6,10-12H,7-9H2,1-2H3. The molecule has 3 nitrogen and oxygen atoms in total. The van der Waals surface area contributed by atoms with Gasteiger partial charge in [0.15, 0.2) is 0 Å². The number of benzene rings is 1. The van der Waals surface area contributed by atoms with Crippen LogP contribution in [0.25, 0.3) is 10.6 Å². The maximum absolute atomic E-state index is 6.24. The average molecular weight is 323 g/mol. The van der Waals surface area contributed by atoms with Gasteiger partial charge < -0.3 is 4.74 Å². The fraction of sp³-hybridized carbons (Fsp3) is 0.438. The minimum absolute atomic E-state index is 0.287. The molecule has 3 rings (SSSR count). The van der Waals surface area contributed by atoms with Crippen LogP contribution in [0.3, 0.4) is 0 Å². The summed E-state index contributed by atoms with van der Waals surface area (Å²) >= 11 is 7.89. The lowest BCUT2D eigenvalue weighted by atomic mass is 10.2. The van der Waals surface area contributed by atoms with Gasteiger partial charge in [0.25, 0.3) is 0 Å². The third-order valence-electron chi connectivity index (χ3n) is 3.54. The van der Waals surface area contributed by atoms with Gasteiger partial charge in [0.2, 0.25) is 0 Å². The van der Waals surface area contributed by atoms with E-state index in [1.807, 2.05) is 24.3 Å². The summed E-state index contributed by atoms with van der Waals surface area (Å²) in [7, 11) is 0. The first-order valence-electron chi connectivity index (χ1n) is 7.19. The molecule has 0 spiro atoms. The molecule has 1 aromatic heterocycles. The van der Waals surface area contributed by atoms with E-state index in [1.54, 1.807) is 11.3 Å². The molecule has 0 radical (unpaired) electrons. The van der Waals surface area contributed by atoms with Gasteiger partial charge in [0.1, 0.15) is 5.01 Å². The SMILES string of the molecule is CC1CN(Cc2csc(-c3ccccc3Cl)n2)CC(C)O1. The van der Waals surface area contributed by atoms with Gasteiger partial charge in [-0.2, -0.15) is 0 Å². The number of hydrogen-bond donors (Lipinski definition) is 0. The van der Waals surface area contributed by atoms with Crippen LogP contribution in [-0.4, -0.2) is 35.2 Å². The second-order valence-electron chi connectivity index (χ2n) is 5.58. The van der Waals surface area contributed by atoms with Crippen molar-refractivity contribution in [1.29, 1.82) is 0 Å². The van der Waals surface area contributed by atoms with Crippen molar-refractivity contribution < 1.29 is 4.74 Å². The lowest BCUT2D eigenvalue weighted by Gasteiger charge is -2.34. The summed E-state index contributed by atoms with van der Waals surface area (Å²) in [5.74, 6) is 0. The average Bonchev–Trinajstić information content (AvgIpc) is 2.86. The molecule has 2 atom stereocenters. The second kappa shape index (κ2) is 6.44. The smallest absolute Gasteiger partial charge is 0.125 e. The largest absolute Gasteiger partial charge is 0.373 e. The molecule has 2 aromatic rings. The van der Waals surface area contributed by atoms with Crippen molar-refractivity contribution in [3.63, 3.8) is 0 Å². The Morgan fingerprint density at radius 2 is 2.00 bits per heavy atom. The Morgan fingerprint density at radius 3 is 2.71 bits per heavy atom. The summed E-state index contributed by atoms with van der Waals surface area (Å²) in [6, 6.07) is 7.86. The Bertz CT molecular complexity index is 606. The minimum atomic E-state index is 0.287. The molecule has 1 aliphatic rings. The van der Waals surface area contributed by atoms with Crippen molar-refractivity contribution in [2.75, 3.05) is 13.1 Å². The van der Waals surface area contributed by atoms with Crippen molar-refractivity contribution >= 4 is 22.9 Å². The zero-order valence-corrected chi connectivity index (χ0v) is 13.8. The summed E-state index contributed by atoms with van der Waals surface area (Å²) < 4.78 is 5.77. The Hall–Kier alpha value is -0.940. The molecular formula is C16H19ClN2OS. The van der Waals surface area contributed by atoms with Gasteiger partial charge in [0.05, 0.1) is 22.9 Å². The summed E-state index contributed by atoms with van der Waals surface area (Å²) in [5.41, 5.74) is 2.12. The highest BCUT2D eigenvalue weighted by molar-refractivity contribution is 7.13. The Labute approximate surface area is 134 Å². The van der Waals surface area contributed by atoms with Crippen LogP contribution in [0.4, 0.5) is 0 Å². The van der Waals surface area contributed by atoms with Gasteiger partial charge in [-0.25, -0.2) is 4.98 Å². The molecular weight excluding hydrogens is 304 g/mol. The van der Waals surface area contributed by atoms with E-state index in [4.69, 9.17) is 21.3 Å². The first kappa shape index (κ1) is 15.0. The van der Waals surface area contributed by atoms with Crippen molar-refractivity contribution in [2.24, 2.45) is 0 Å². The maximum atomic E-state index is 6.24. The summed E-state index contributed by atoms with van der Waals surface area (Å²) in [6.07, 6.45) is 0.575. The summed E-state index contributed by atoms with van der Waals surface area (Å²) in [4.78, 5) is 7.14. The third-order valence-corrected chi connectivity index (χ3v) is 4.79. The van der Waals surface area contributed by atoms with E-state index in [0.717, 1.165) is 40.9 Å². The van der Waals surface area contributed by atoms with Crippen LogP contribution in [0.2, 0.25) is 5.02 Å². The highest BCUT2D eigenvalue weighted by Gasteiger charge is 2.22. The molecule has 0 bridgehead atoms. The van der Waals surface area contributed by atoms with Crippen LogP contribution in [0.15, 0.2) is 29.6 Å². The zero-order chi connectivity index (χ0) is 14.8. The van der Waals surface area contributed by atoms with Crippen LogP contribution < -0.4 is 0 Å². The molecule has 112 valence electrons. The lowest BCUT2D eigenvalue weighted by Crippen LogP contribution is -2.44. The first-order chi connectivity index (χ1) is 10.1. The van der Waals surface area contributed by atoms with Crippen LogP contribution in [0.1, 0.15) is 19.5 Å². The molecule has 21 heavy (non-hydrogen) atoms. The molecule has 1 aromatic carbocycles. The van der Waals surface area contributed by atoms with Gasteiger partial charge >= 0.3 is 0 Å². The van der Waals surface area contributed by atoms with Gasteiger partial charge in [-0.05, 0) is 19.9 Å². The summed E-state index contributed by atoms with van der Waals surface area (Å²) in [6.45, 7) is 7.04. The number of ether oxygens (including phenoxy) is 1. The Balaban J connectivity index is 1.72.